The molecule has 0 saturated carbocycles. The minimum absolute atomic E-state index is 0.263. The Labute approximate surface area is 155 Å². The first kappa shape index (κ1) is 16.7. The summed E-state index contributed by atoms with van der Waals surface area (Å²) < 4.78 is 18.7. The molecule has 0 aliphatic carbocycles. The Morgan fingerprint density at radius 1 is 1.00 bits per heavy atom. The van der Waals surface area contributed by atoms with Gasteiger partial charge in [0.05, 0.1) is 19.4 Å². The summed E-state index contributed by atoms with van der Waals surface area (Å²) in [5, 5.41) is 4.27. The molecule has 4 rings (SSSR count). The molecule has 0 fully saturated rings. The average molecular weight is 364 g/mol. The van der Waals surface area contributed by atoms with Gasteiger partial charge >= 0.3 is 0 Å². The second kappa shape index (κ2) is 6.84. The van der Waals surface area contributed by atoms with E-state index in [1.807, 2.05) is 6.07 Å². The third kappa shape index (κ3) is 3.06. The molecule has 1 aliphatic rings. The van der Waals surface area contributed by atoms with Crippen LogP contribution in [0, 0.1) is 12.7 Å². The number of hydrogen-bond donors (Lipinski definition) is 0. The van der Waals surface area contributed by atoms with E-state index in [2.05, 4.69) is 39.8 Å². The molecule has 0 unspecified atom stereocenters. The lowest BCUT2D eigenvalue weighted by Crippen LogP contribution is -2.03. The van der Waals surface area contributed by atoms with E-state index in [0.717, 1.165) is 28.2 Å². The predicted molar refractivity (Wildman–Crippen MR) is 105 cm³/mol. The highest BCUT2D eigenvalue weighted by Gasteiger charge is 2.17. The molecule has 130 valence electrons. The third-order valence-electron chi connectivity index (χ3n) is 4.40. The lowest BCUT2D eigenvalue weighted by Gasteiger charge is -2.10. The van der Waals surface area contributed by atoms with Crippen molar-refractivity contribution in [3.8, 4) is 16.9 Å². The summed E-state index contributed by atoms with van der Waals surface area (Å²) in [5.41, 5.74) is 6.19. The second-order valence-electron chi connectivity index (χ2n) is 6.09. The van der Waals surface area contributed by atoms with E-state index in [1.165, 1.54) is 23.3 Å². The lowest BCUT2D eigenvalue weighted by atomic mass is 10.0. The van der Waals surface area contributed by atoms with Crippen LogP contribution in [-0.2, 0) is 0 Å². The number of ether oxygens (including phenoxy) is 1. The van der Waals surface area contributed by atoms with Gasteiger partial charge in [0.15, 0.2) is 5.84 Å². The molecule has 1 aromatic heterocycles. The maximum atomic E-state index is 13.1. The van der Waals surface area contributed by atoms with E-state index < -0.39 is 0 Å². The summed E-state index contributed by atoms with van der Waals surface area (Å²) in [6.07, 6.45) is 0. The van der Waals surface area contributed by atoms with Gasteiger partial charge in [-0.2, -0.15) is 11.3 Å². The molecule has 1 aliphatic heterocycles. The number of benzene rings is 2. The van der Waals surface area contributed by atoms with Gasteiger partial charge in [-0.25, -0.2) is 9.38 Å². The molecule has 0 atom stereocenters. The maximum absolute atomic E-state index is 13.1. The number of hydrogen-bond acceptors (Lipinski definition) is 4. The number of methoxy groups -OCH3 is 1. The fourth-order valence-corrected chi connectivity index (χ4v) is 3.84. The molecule has 26 heavy (non-hydrogen) atoms. The standard InChI is InChI=1S/C21H17FN2OS/c1-13-11-26-12-18(13)17-8-5-15(9-20(17)25-2)19-10-23-21(24-19)14-3-6-16(22)7-4-14/h3-9,11-12H,10H2,1-2H3. The summed E-state index contributed by atoms with van der Waals surface area (Å²) in [7, 11) is 1.68. The molecule has 0 saturated heterocycles. The van der Waals surface area contributed by atoms with Gasteiger partial charge < -0.3 is 4.74 Å². The zero-order valence-electron chi connectivity index (χ0n) is 14.5. The summed E-state index contributed by atoms with van der Waals surface area (Å²) in [5.74, 6) is 1.19. The highest BCUT2D eigenvalue weighted by molar-refractivity contribution is 7.08. The molecular weight excluding hydrogens is 347 g/mol. The van der Waals surface area contributed by atoms with Crippen molar-refractivity contribution < 1.29 is 9.13 Å². The molecule has 0 spiro atoms. The number of rotatable bonds is 4. The first-order chi connectivity index (χ1) is 12.7. The second-order valence-corrected chi connectivity index (χ2v) is 6.83. The van der Waals surface area contributed by atoms with Crippen molar-refractivity contribution in [2.24, 2.45) is 9.98 Å². The van der Waals surface area contributed by atoms with E-state index in [0.29, 0.717) is 12.4 Å². The monoisotopic (exact) mass is 364 g/mol. The maximum Gasteiger partial charge on any atom is 0.155 e. The zero-order valence-corrected chi connectivity index (χ0v) is 15.3. The number of aryl methyl sites for hydroxylation is 1. The van der Waals surface area contributed by atoms with E-state index in [1.54, 1.807) is 30.6 Å². The predicted octanol–water partition coefficient (Wildman–Crippen LogP) is 5.12. The number of halogens is 1. The van der Waals surface area contributed by atoms with Gasteiger partial charge in [-0.3, -0.25) is 4.99 Å². The molecule has 2 aromatic carbocycles. The van der Waals surface area contributed by atoms with Crippen molar-refractivity contribution in [1.82, 2.24) is 0 Å². The molecule has 3 nitrogen and oxygen atoms in total. The number of nitrogens with zero attached hydrogens (tertiary/aromatic N) is 2. The fraction of sp³-hybridized carbons (Fsp3) is 0.143. The first-order valence-electron chi connectivity index (χ1n) is 8.25. The van der Waals surface area contributed by atoms with Crippen LogP contribution in [0.2, 0.25) is 0 Å². The summed E-state index contributed by atoms with van der Waals surface area (Å²) in [4.78, 5) is 9.12. The molecule has 0 bridgehead atoms. The van der Waals surface area contributed by atoms with Gasteiger partial charge in [-0.15, -0.1) is 0 Å². The third-order valence-corrected chi connectivity index (χ3v) is 5.26. The van der Waals surface area contributed by atoms with E-state index >= 15 is 0 Å². The van der Waals surface area contributed by atoms with Crippen molar-refractivity contribution in [3.05, 3.63) is 75.7 Å². The van der Waals surface area contributed by atoms with Crippen molar-refractivity contribution in [2.75, 3.05) is 13.7 Å². The van der Waals surface area contributed by atoms with Crippen LogP contribution in [0.4, 0.5) is 4.39 Å². The fourth-order valence-electron chi connectivity index (χ4n) is 2.99. The lowest BCUT2D eigenvalue weighted by molar-refractivity contribution is 0.416. The van der Waals surface area contributed by atoms with Crippen LogP contribution in [-0.4, -0.2) is 25.2 Å². The van der Waals surface area contributed by atoms with Crippen LogP contribution in [0.5, 0.6) is 5.75 Å². The van der Waals surface area contributed by atoms with E-state index in [-0.39, 0.29) is 5.82 Å². The summed E-state index contributed by atoms with van der Waals surface area (Å²) in [6.45, 7) is 2.61. The largest absolute Gasteiger partial charge is 0.496 e. The smallest absolute Gasteiger partial charge is 0.155 e. The molecule has 0 amide bonds. The Kier molecular flexibility index (Phi) is 4.39. The quantitative estimate of drug-likeness (QED) is 0.632. The van der Waals surface area contributed by atoms with Crippen LogP contribution < -0.4 is 4.74 Å². The number of thiophene rings is 1. The Morgan fingerprint density at radius 3 is 2.46 bits per heavy atom. The zero-order chi connectivity index (χ0) is 18.1. The van der Waals surface area contributed by atoms with Crippen LogP contribution in [0.25, 0.3) is 11.1 Å². The average Bonchev–Trinajstić information content (AvgIpc) is 3.31. The minimum Gasteiger partial charge on any atom is -0.496 e. The van der Waals surface area contributed by atoms with Crippen molar-refractivity contribution in [3.63, 3.8) is 0 Å². The topological polar surface area (TPSA) is 34.0 Å². The van der Waals surface area contributed by atoms with Gasteiger partial charge in [-0.1, -0.05) is 6.07 Å². The molecule has 2 heterocycles. The SMILES string of the molecule is COc1cc(C2=NC(c3ccc(F)cc3)=NC2)ccc1-c1cscc1C. The first-order valence-corrected chi connectivity index (χ1v) is 9.19. The highest BCUT2D eigenvalue weighted by Crippen LogP contribution is 2.35. The van der Waals surface area contributed by atoms with Crippen molar-refractivity contribution >= 4 is 22.9 Å². The van der Waals surface area contributed by atoms with Gasteiger partial charge in [0, 0.05) is 16.7 Å². The van der Waals surface area contributed by atoms with E-state index in [4.69, 9.17) is 4.74 Å². The Balaban J connectivity index is 1.66. The summed E-state index contributed by atoms with van der Waals surface area (Å²) >= 11 is 1.68. The van der Waals surface area contributed by atoms with Crippen molar-refractivity contribution in [2.45, 2.75) is 6.92 Å². The van der Waals surface area contributed by atoms with Crippen LogP contribution >= 0.6 is 11.3 Å². The van der Waals surface area contributed by atoms with Gasteiger partial charge in [0.1, 0.15) is 11.6 Å². The van der Waals surface area contributed by atoms with Gasteiger partial charge in [0.2, 0.25) is 0 Å². The van der Waals surface area contributed by atoms with Crippen molar-refractivity contribution in [1.29, 1.82) is 0 Å². The molecule has 0 N–H and O–H groups in total. The molecular formula is C21H17FN2OS. The number of aliphatic imine (C=N–C) groups is 2. The minimum atomic E-state index is -0.263. The highest BCUT2D eigenvalue weighted by atomic mass is 32.1. The van der Waals surface area contributed by atoms with Gasteiger partial charge in [0.25, 0.3) is 0 Å². The normalized spacial score (nSPS) is 13.5. The Hall–Kier alpha value is -2.79. The molecule has 5 heteroatoms. The van der Waals surface area contributed by atoms with Gasteiger partial charge in [-0.05, 0) is 65.2 Å². The van der Waals surface area contributed by atoms with Crippen LogP contribution in [0.1, 0.15) is 16.7 Å². The van der Waals surface area contributed by atoms with Crippen LogP contribution in [0.3, 0.4) is 0 Å². The Bertz CT molecular complexity index is 1020. The number of amidine groups is 1. The Morgan fingerprint density at radius 2 is 1.77 bits per heavy atom. The van der Waals surface area contributed by atoms with E-state index in [9.17, 15) is 4.39 Å². The molecule has 0 radical (unpaired) electrons. The van der Waals surface area contributed by atoms with Crippen LogP contribution in [0.15, 0.2) is 63.2 Å². The molecule has 3 aromatic rings. The summed E-state index contributed by atoms with van der Waals surface area (Å²) in [6, 6.07) is 12.4.